The summed E-state index contributed by atoms with van der Waals surface area (Å²) in [6.45, 7) is 9.20. The monoisotopic (exact) mass is 229 g/mol. The van der Waals surface area contributed by atoms with Crippen molar-refractivity contribution in [3.05, 3.63) is 0 Å². The molecule has 1 rings (SSSR count). The van der Waals surface area contributed by atoms with Crippen LogP contribution in [-0.4, -0.2) is 55.2 Å². The van der Waals surface area contributed by atoms with Crippen molar-refractivity contribution in [2.75, 3.05) is 26.2 Å². The second-order valence-corrected chi connectivity index (χ2v) is 4.72. The van der Waals surface area contributed by atoms with Crippen LogP contribution in [0.3, 0.4) is 0 Å². The number of nitrogens with two attached hydrogens (primary N) is 1. The summed E-state index contributed by atoms with van der Waals surface area (Å²) in [4.78, 5) is 13.5. The van der Waals surface area contributed by atoms with Gasteiger partial charge in [-0.1, -0.05) is 13.8 Å². The van der Waals surface area contributed by atoms with Crippen molar-refractivity contribution in [3.63, 3.8) is 0 Å². The number of primary amides is 1. The maximum Gasteiger partial charge on any atom is 0.235 e. The Morgan fingerprint density at radius 3 is 2.81 bits per heavy atom. The summed E-state index contributed by atoms with van der Waals surface area (Å²) >= 11 is 0. The van der Waals surface area contributed by atoms with Crippen LogP contribution in [0.1, 0.15) is 20.8 Å². The highest BCUT2D eigenvalue weighted by Gasteiger charge is 2.23. The predicted molar refractivity (Wildman–Crippen MR) is 63.1 cm³/mol. The smallest absolute Gasteiger partial charge is 0.235 e. The molecule has 2 unspecified atom stereocenters. The highest BCUT2D eigenvalue weighted by atomic mass is 16.5. The molecular weight excluding hydrogens is 206 g/mol. The lowest BCUT2D eigenvalue weighted by molar-refractivity contribution is -0.121. The molecule has 1 heterocycles. The molecule has 0 aromatic carbocycles. The van der Waals surface area contributed by atoms with Crippen LogP contribution in [0.15, 0.2) is 0 Å². The van der Waals surface area contributed by atoms with Gasteiger partial charge in [-0.15, -0.1) is 0 Å². The lowest BCUT2D eigenvalue weighted by Crippen LogP contribution is -2.54. The van der Waals surface area contributed by atoms with E-state index in [0.29, 0.717) is 6.54 Å². The van der Waals surface area contributed by atoms with Crippen LogP contribution < -0.4 is 11.1 Å². The van der Waals surface area contributed by atoms with Crippen LogP contribution in [0, 0.1) is 0 Å². The molecule has 3 N–H and O–H groups in total. The Balaban J connectivity index is 2.44. The van der Waals surface area contributed by atoms with E-state index in [-0.39, 0.29) is 24.1 Å². The second kappa shape index (κ2) is 6.18. The van der Waals surface area contributed by atoms with Crippen LogP contribution >= 0.6 is 0 Å². The van der Waals surface area contributed by atoms with E-state index >= 15 is 0 Å². The quantitative estimate of drug-likeness (QED) is 0.670. The largest absolute Gasteiger partial charge is 0.376 e. The molecule has 0 radical (unpaired) electrons. The van der Waals surface area contributed by atoms with Crippen molar-refractivity contribution < 1.29 is 9.53 Å². The van der Waals surface area contributed by atoms with Crippen molar-refractivity contribution in [1.29, 1.82) is 0 Å². The van der Waals surface area contributed by atoms with E-state index in [4.69, 9.17) is 10.5 Å². The zero-order valence-corrected chi connectivity index (χ0v) is 10.4. The molecule has 16 heavy (non-hydrogen) atoms. The third-order valence-corrected chi connectivity index (χ3v) is 2.64. The Hall–Kier alpha value is -0.650. The van der Waals surface area contributed by atoms with Crippen LogP contribution in [0.5, 0.6) is 0 Å². The third-order valence-electron chi connectivity index (χ3n) is 2.64. The van der Waals surface area contributed by atoms with Crippen LogP contribution in [0.25, 0.3) is 0 Å². The van der Waals surface area contributed by atoms with Crippen molar-refractivity contribution in [1.82, 2.24) is 10.2 Å². The van der Waals surface area contributed by atoms with Gasteiger partial charge in [0.1, 0.15) is 0 Å². The molecule has 0 spiro atoms. The first kappa shape index (κ1) is 13.4. The number of ether oxygens (including phenoxy) is 1. The van der Waals surface area contributed by atoms with Gasteiger partial charge >= 0.3 is 0 Å². The lowest BCUT2D eigenvalue weighted by atomic mass is 10.2. The SMILES string of the molecule is CC(C)NC(CN1CCOC(C)C1)C(N)=O. The molecule has 1 amide bonds. The zero-order chi connectivity index (χ0) is 12.1. The van der Waals surface area contributed by atoms with Gasteiger partial charge in [-0.05, 0) is 6.92 Å². The number of carbonyl (C=O) groups is 1. The summed E-state index contributed by atoms with van der Waals surface area (Å²) in [5.41, 5.74) is 5.38. The van der Waals surface area contributed by atoms with Crippen molar-refractivity contribution in [2.24, 2.45) is 5.73 Å². The summed E-state index contributed by atoms with van der Waals surface area (Å²) in [5, 5.41) is 3.18. The van der Waals surface area contributed by atoms with Crippen molar-refractivity contribution >= 4 is 5.91 Å². The summed E-state index contributed by atoms with van der Waals surface area (Å²) in [6, 6.07) is -0.0127. The molecule has 0 aliphatic carbocycles. The minimum atomic E-state index is -0.284. The van der Waals surface area contributed by atoms with Gasteiger partial charge in [0.05, 0.1) is 18.8 Å². The van der Waals surface area contributed by atoms with Crippen LogP contribution in [0.4, 0.5) is 0 Å². The van der Waals surface area contributed by atoms with E-state index in [0.717, 1.165) is 19.7 Å². The molecule has 0 saturated carbocycles. The van der Waals surface area contributed by atoms with Gasteiger partial charge in [0.15, 0.2) is 0 Å². The maximum absolute atomic E-state index is 11.3. The maximum atomic E-state index is 11.3. The molecule has 0 aromatic heterocycles. The van der Waals surface area contributed by atoms with Gasteiger partial charge in [0.2, 0.25) is 5.91 Å². The molecule has 0 bridgehead atoms. The topological polar surface area (TPSA) is 67.6 Å². The zero-order valence-electron chi connectivity index (χ0n) is 10.4. The molecule has 1 aliphatic heterocycles. The lowest BCUT2D eigenvalue weighted by Gasteiger charge is -2.33. The second-order valence-electron chi connectivity index (χ2n) is 4.72. The molecule has 5 heteroatoms. The predicted octanol–water partition coefficient (Wildman–Crippen LogP) is -0.441. The fourth-order valence-corrected chi connectivity index (χ4v) is 1.94. The Labute approximate surface area is 97.3 Å². The molecule has 1 aliphatic rings. The average molecular weight is 229 g/mol. The van der Waals surface area contributed by atoms with Crippen molar-refractivity contribution in [3.8, 4) is 0 Å². The van der Waals surface area contributed by atoms with E-state index in [1.54, 1.807) is 0 Å². The minimum Gasteiger partial charge on any atom is -0.376 e. The molecule has 5 nitrogen and oxygen atoms in total. The van der Waals surface area contributed by atoms with Crippen molar-refractivity contribution in [2.45, 2.75) is 39.0 Å². The first-order chi connectivity index (χ1) is 7.49. The number of hydrogen-bond donors (Lipinski definition) is 2. The number of nitrogens with one attached hydrogen (secondary N) is 1. The standard InChI is InChI=1S/C11H23N3O2/c1-8(2)13-10(11(12)15)7-14-4-5-16-9(3)6-14/h8-10,13H,4-7H2,1-3H3,(H2,12,15). The van der Waals surface area contributed by atoms with Crippen LogP contribution in [0.2, 0.25) is 0 Å². The normalized spacial score (nSPS) is 24.6. The van der Waals surface area contributed by atoms with E-state index in [2.05, 4.69) is 10.2 Å². The molecular formula is C11H23N3O2. The number of hydrogen-bond acceptors (Lipinski definition) is 4. The van der Waals surface area contributed by atoms with E-state index in [9.17, 15) is 4.79 Å². The fourth-order valence-electron chi connectivity index (χ4n) is 1.94. The minimum absolute atomic E-state index is 0.237. The van der Waals surface area contributed by atoms with Gasteiger partial charge in [-0.2, -0.15) is 0 Å². The number of morpholine rings is 1. The fraction of sp³-hybridized carbons (Fsp3) is 0.909. The Kier molecular flexibility index (Phi) is 5.18. The number of nitrogens with zero attached hydrogens (tertiary/aromatic N) is 1. The highest BCUT2D eigenvalue weighted by molar-refractivity contribution is 5.80. The number of carbonyl (C=O) groups excluding carboxylic acids is 1. The Morgan fingerprint density at radius 2 is 2.31 bits per heavy atom. The van der Waals surface area contributed by atoms with Gasteiger partial charge < -0.3 is 15.8 Å². The molecule has 94 valence electrons. The van der Waals surface area contributed by atoms with Gasteiger partial charge in [0.25, 0.3) is 0 Å². The van der Waals surface area contributed by atoms with Gasteiger partial charge in [-0.3, -0.25) is 9.69 Å². The average Bonchev–Trinajstić information content (AvgIpc) is 2.15. The molecule has 1 fully saturated rings. The van der Waals surface area contributed by atoms with Crippen LogP contribution in [-0.2, 0) is 9.53 Å². The molecule has 1 saturated heterocycles. The first-order valence-electron chi connectivity index (χ1n) is 5.88. The van der Waals surface area contributed by atoms with Gasteiger partial charge in [0, 0.05) is 25.7 Å². The number of rotatable bonds is 5. The Bertz CT molecular complexity index is 233. The summed E-state index contributed by atoms with van der Waals surface area (Å²) in [5.74, 6) is -0.284. The molecule has 2 atom stereocenters. The number of amides is 1. The summed E-state index contributed by atoms with van der Waals surface area (Å²) < 4.78 is 5.45. The summed E-state index contributed by atoms with van der Waals surface area (Å²) in [6.07, 6.45) is 0.237. The van der Waals surface area contributed by atoms with E-state index < -0.39 is 0 Å². The summed E-state index contributed by atoms with van der Waals surface area (Å²) in [7, 11) is 0. The highest BCUT2D eigenvalue weighted by Crippen LogP contribution is 2.05. The Morgan fingerprint density at radius 1 is 1.62 bits per heavy atom. The molecule has 0 aromatic rings. The van der Waals surface area contributed by atoms with E-state index in [1.165, 1.54) is 0 Å². The first-order valence-corrected chi connectivity index (χ1v) is 5.88. The van der Waals surface area contributed by atoms with Gasteiger partial charge in [-0.25, -0.2) is 0 Å². The third kappa shape index (κ3) is 4.47. The van der Waals surface area contributed by atoms with E-state index in [1.807, 2.05) is 20.8 Å².